The first kappa shape index (κ1) is 11.6. The van der Waals surface area contributed by atoms with Gasteiger partial charge in [0.25, 0.3) is 0 Å². The van der Waals surface area contributed by atoms with Crippen molar-refractivity contribution in [2.75, 3.05) is 26.8 Å². The van der Waals surface area contributed by atoms with Crippen LogP contribution in [0.2, 0.25) is 0 Å². The molecule has 4 nitrogen and oxygen atoms in total. The topological polar surface area (TPSA) is 46.4 Å². The minimum atomic E-state index is 0.257. The summed E-state index contributed by atoms with van der Waals surface area (Å²) >= 11 is 0. The highest BCUT2D eigenvalue weighted by Crippen LogP contribution is 2.21. The van der Waals surface area contributed by atoms with E-state index in [1.807, 2.05) is 26.1 Å². The van der Waals surface area contributed by atoms with E-state index in [2.05, 4.69) is 10.6 Å². The molecule has 2 atom stereocenters. The molecule has 1 fully saturated rings. The van der Waals surface area contributed by atoms with Gasteiger partial charge in [0.1, 0.15) is 11.5 Å². The van der Waals surface area contributed by atoms with Crippen molar-refractivity contribution >= 4 is 0 Å². The van der Waals surface area contributed by atoms with Crippen LogP contribution >= 0.6 is 0 Å². The van der Waals surface area contributed by atoms with Crippen molar-refractivity contribution in [1.82, 2.24) is 10.6 Å². The number of aryl methyl sites for hydroxylation is 1. The van der Waals surface area contributed by atoms with E-state index in [1.165, 1.54) is 0 Å². The normalized spacial score (nSPS) is 23.2. The van der Waals surface area contributed by atoms with Crippen LogP contribution < -0.4 is 10.6 Å². The Bertz CT molecular complexity index is 319. The number of morpholine rings is 1. The van der Waals surface area contributed by atoms with Crippen LogP contribution in [0, 0.1) is 6.92 Å². The Hall–Kier alpha value is -0.840. The van der Waals surface area contributed by atoms with Crippen LogP contribution in [0.1, 0.15) is 24.0 Å². The fourth-order valence-electron chi connectivity index (χ4n) is 2.07. The lowest BCUT2D eigenvalue weighted by Crippen LogP contribution is -2.43. The first-order valence-corrected chi connectivity index (χ1v) is 5.84. The van der Waals surface area contributed by atoms with Crippen LogP contribution in [0.3, 0.4) is 0 Å². The molecule has 90 valence electrons. The third-order valence-corrected chi connectivity index (χ3v) is 2.97. The summed E-state index contributed by atoms with van der Waals surface area (Å²) < 4.78 is 11.1. The van der Waals surface area contributed by atoms with Gasteiger partial charge in [0.15, 0.2) is 0 Å². The van der Waals surface area contributed by atoms with E-state index >= 15 is 0 Å². The van der Waals surface area contributed by atoms with Gasteiger partial charge >= 0.3 is 0 Å². The smallest absolute Gasteiger partial charge is 0.121 e. The molecule has 0 saturated carbocycles. The highest BCUT2D eigenvalue weighted by atomic mass is 16.5. The van der Waals surface area contributed by atoms with Gasteiger partial charge in [0, 0.05) is 12.6 Å². The van der Waals surface area contributed by atoms with Crippen molar-refractivity contribution in [3.63, 3.8) is 0 Å². The summed E-state index contributed by atoms with van der Waals surface area (Å²) in [5.41, 5.74) is 0. The number of nitrogens with one attached hydrogen (secondary N) is 2. The zero-order chi connectivity index (χ0) is 11.4. The number of furan rings is 1. The first-order chi connectivity index (χ1) is 7.79. The maximum Gasteiger partial charge on any atom is 0.121 e. The first-order valence-electron chi connectivity index (χ1n) is 5.84. The Labute approximate surface area is 96.4 Å². The number of hydrogen-bond acceptors (Lipinski definition) is 4. The van der Waals surface area contributed by atoms with E-state index < -0.39 is 0 Å². The zero-order valence-electron chi connectivity index (χ0n) is 9.95. The molecular weight excluding hydrogens is 204 g/mol. The predicted octanol–water partition coefficient (Wildman–Crippen LogP) is 1.23. The molecule has 16 heavy (non-hydrogen) atoms. The average molecular weight is 224 g/mol. The molecule has 4 heteroatoms. The Morgan fingerprint density at radius 1 is 1.56 bits per heavy atom. The second-order valence-corrected chi connectivity index (χ2v) is 4.25. The summed E-state index contributed by atoms with van der Waals surface area (Å²) in [4.78, 5) is 0. The number of hydrogen-bond donors (Lipinski definition) is 2. The Morgan fingerprint density at radius 2 is 2.44 bits per heavy atom. The second kappa shape index (κ2) is 5.48. The van der Waals surface area contributed by atoms with E-state index in [1.54, 1.807) is 0 Å². The fourth-order valence-corrected chi connectivity index (χ4v) is 2.07. The molecule has 0 radical (unpaired) electrons. The average Bonchev–Trinajstić information content (AvgIpc) is 2.74. The minimum absolute atomic E-state index is 0.257. The van der Waals surface area contributed by atoms with Crippen LogP contribution in [0.5, 0.6) is 0 Å². The van der Waals surface area contributed by atoms with E-state index in [9.17, 15) is 0 Å². The van der Waals surface area contributed by atoms with Crippen molar-refractivity contribution in [1.29, 1.82) is 0 Å². The molecule has 0 spiro atoms. The van der Waals surface area contributed by atoms with E-state index in [0.29, 0.717) is 6.04 Å². The van der Waals surface area contributed by atoms with Crippen molar-refractivity contribution < 1.29 is 9.15 Å². The summed E-state index contributed by atoms with van der Waals surface area (Å²) in [6, 6.07) is 4.72. The van der Waals surface area contributed by atoms with Gasteiger partial charge in [-0.15, -0.1) is 0 Å². The molecule has 1 aromatic heterocycles. The molecule has 0 aromatic carbocycles. The lowest BCUT2D eigenvalue weighted by Gasteiger charge is -2.26. The maximum absolute atomic E-state index is 5.65. The van der Waals surface area contributed by atoms with Crippen molar-refractivity contribution in [3.05, 3.63) is 23.7 Å². The third-order valence-electron chi connectivity index (χ3n) is 2.97. The molecule has 2 N–H and O–H groups in total. The summed E-state index contributed by atoms with van der Waals surface area (Å²) in [6.45, 7) is 4.52. The van der Waals surface area contributed by atoms with Crippen LogP contribution in [-0.4, -0.2) is 32.8 Å². The Kier molecular flexibility index (Phi) is 3.98. The molecule has 2 heterocycles. The lowest BCUT2D eigenvalue weighted by molar-refractivity contribution is 0.0699. The van der Waals surface area contributed by atoms with E-state index in [-0.39, 0.29) is 6.04 Å². The van der Waals surface area contributed by atoms with Gasteiger partial charge in [-0.2, -0.15) is 0 Å². The van der Waals surface area contributed by atoms with Crippen molar-refractivity contribution in [2.24, 2.45) is 0 Å². The van der Waals surface area contributed by atoms with Gasteiger partial charge in [-0.3, -0.25) is 0 Å². The van der Waals surface area contributed by atoms with Gasteiger partial charge in [-0.05, 0) is 32.5 Å². The van der Waals surface area contributed by atoms with E-state index in [0.717, 1.165) is 37.7 Å². The van der Waals surface area contributed by atoms with Gasteiger partial charge < -0.3 is 19.8 Å². The molecule has 1 aliphatic heterocycles. The van der Waals surface area contributed by atoms with Gasteiger partial charge in [0.05, 0.1) is 19.3 Å². The van der Waals surface area contributed by atoms with Crippen LogP contribution in [-0.2, 0) is 4.74 Å². The summed E-state index contributed by atoms with van der Waals surface area (Å²) in [6.07, 6.45) is 0.990. The molecule has 1 saturated heterocycles. The van der Waals surface area contributed by atoms with Crippen molar-refractivity contribution in [2.45, 2.75) is 25.4 Å². The lowest BCUT2D eigenvalue weighted by atomic mass is 10.0. The molecule has 0 bridgehead atoms. The highest BCUT2D eigenvalue weighted by molar-refractivity contribution is 5.10. The van der Waals surface area contributed by atoms with Crippen molar-refractivity contribution in [3.8, 4) is 0 Å². The molecule has 2 rings (SSSR count). The van der Waals surface area contributed by atoms with Crippen LogP contribution in [0.4, 0.5) is 0 Å². The molecule has 1 aromatic rings. The monoisotopic (exact) mass is 224 g/mol. The second-order valence-electron chi connectivity index (χ2n) is 4.25. The van der Waals surface area contributed by atoms with Crippen LogP contribution in [0.15, 0.2) is 16.5 Å². The Balaban J connectivity index is 1.94. The maximum atomic E-state index is 5.65. The number of ether oxygens (including phenoxy) is 1. The molecule has 2 unspecified atom stereocenters. The van der Waals surface area contributed by atoms with Gasteiger partial charge in [-0.25, -0.2) is 0 Å². The third kappa shape index (κ3) is 2.84. The van der Waals surface area contributed by atoms with E-state index in [4.69, 9.17) is 9.15 Å². The minimum Gasteiger partial charge on any atom is -0.465 e. The largest absolute Gasteiger partial charge is 0.465 e. The summed E-state index contributed by atoms with van der Waals surface area (Å²) in [7, 11) is 1.96. The fraction of sp³-hybridized carbons (Fsp3) is 0.667. The summed E-state index contributed by atoms with van der Waals surface area (Å²) in [5.74, 6) is 1.97. The van der Waals surface area contributed by atoms with Gasteiger partial charge in [0.2, 0.25) is 0 Å². The van der Waals surface area contributed by atoms with Gasteiger partial charge in [-0.1, -0.05) is 0 Å². The number of rotatable bonds is 4. The quantitative estimate of drug-likeness (QED) is 0.807. The standard InChI is InChI=1S/C12H20N2O2/c1-9-3-4-12(16-9)11(13-2)7-10-8-15-6-5-14-10/h3-4,10-11,13-14H,5-8H2,1-2H3. The molecule has 0 amide bonds. The molecule has 1 aliphatic rings. The predicted molar refractivity (Wildman–Crippen MR) is 62.5 cm³/mol. The zero-order valence-corrected chi connectivity index (χ0v) is 9.95. The SMILES string of the molecule is CNC(CC1COCCN1)c1ccc(C)o1. The Morgan fingerprint density at radius 3 is 3.00 bits per heavy atom. The molecular formula is C12H20N2O2. The molecule has 0 aliphatic carbocycles. The van der Waals surface area contributed by atoms with Crippen LogP contribution in [0.25, 0.3) is 0 Å². The summed E-state index contributed by atoms with van der Waals surface area (Å²) in [5, 5.41) is 6.74. The highest BCUT2D eigenvalue weighted by Gasteiger charge is 2.20.